The number of halogens is 3. The van der Waals surface area contributed by atoms with Crippen molar-refractivity contribution in [3.63, 3.8) is 0 Å². The molecule has 1 heterocycles. The number of hydrogen-bond donors (Lipinski definition) is 0. The molecule has 1 fully saturated rings. The molecule has 1 atom stereocenters. The summed E-state index contributed by atoms with van der Waals surface area (Å²) in [4.78, 5) is 14.1. The third-order valence-electron chi connectivity index (χ3n) is 4.74. The molecule has 25 heavy (non-hydrogen) atoms. The van der Waals surface area contributed by atoms with Crippen molar-refractivity contribution in [2.75, 3.05) is 13.1 Å². The molecule has 0 bridgehead atoms. The smallest absolute Gasteiger partial charge is 0.256 e. The fraction of sp³-hybridized carbons (Fsp3) is 0.350. The summed E-state index contributed by atoms with van der Waals surface area (Å²) in [5, 5.41) is 0. The van der Waals surface area contributed by atoms with Crippen LogP contribution in [0.4, 0.5) is 13.2 Å². The lowest BCUT2D eigenvalue weighted by Crippen LogP contribution is -2.40. The van der Waals surface area contributed by atoms with E-state index in [0.717, 1.165) is 37.3 Å². The van der Waals surface area contributed by atoms with Gasteiger partial charge in [0.05, 0.1) is 5.56 Å². The van der Waals surface area contributed by atoms with E-state index in [1.54, 1.807) is 17.0 Å². The van der Waals surface area contributed by atoms with Crippen molar-refractivity contribution in [3.05, 3.63) is 71.0 Å². The number of piperidine rings is 1. The average molecular weight is 347 g/mol. The molecule has 132 valence electrons. The summed E-state index contributed by atoms with van der Waals surface area (Å²) in [6, 6.07) is 10.1. The van der Waals surface area contributed by atoms with Crippen LogP contribution in [0.25, 0.3) is 0 Å². The SMILES string of the molecule is O=C(c1cccc(F)c1F)N1CCC[C@H](CCc2ccc(F)cc2)C1. The molecule has 2 aromatic carbocycles. The summed E-state index contributed by atoms with van der Waals surface area (Å²) < 4.78 is 40.1. The van der Waals surface area contributed by atoms with Crippen LogP contribution in [0.15, 0.2) is 42.5 Å². The van der Waals surface area contributed by atoms with Crippen molar-refractivity contribution in [2.45, 2.75) is 25.7 Å². The summed E-state index contributed by atoms with van der Waals surface area (Å²) in [6.45, 7) is 1.10. The highest BCUT2D eigenvalue weighted by atomic mass is 19.2. The van der Waals surface area contributed by atoms with Crippen LogP contribution >= 0.6 is 0 Å². The number of benzene rings is 2. The molecule has 5 heteroatoms. The highest BCUT2D eigenvalue weighted by Gasteiger charge is 2.26. The molecule has 1 amide bonds. The monoisotopic (exact) mass is 347 g/mol. The molecule has 0 radical (unpaired) electrons. The lowest BCUT2D eigenvalue weighted by atomic mass is 9.91. The maximum Gasteiger partial charge on any atom is 0.256 e. The van der Waals surface area contributed by atoms with Crippen LogP contribution in [0.3, 0.4) is 0 Å². The van der Waals surface area contributed by atoms with Crippen LogP contribution in [-0.2, 0) is 6.42 Å². The minimum atomic E-state index is -1.08. The summed E-state index contributed by atoms with van der Waals surface area (Å²) in [5.74, 6) is -2.49. The fourth-order valence-electron chi connectivity index (χ4n) is 3.35. The topological polar surface area (TPSA) is 20.3 Å². The van der Waals surface area contributed by atoms with Gasteiger partial charge < -0.3 is 4.90 Å². The molecule has 2 nitrogen and oxygen atoms in total. The summed E-state index contributed by atoms with van der Waals surface area (Å²) in [7, 11) is 0. The van der Waals surface area contributed by atoms with Gasteiger partial charge in [0, 0.05) is 13.1 Å². The molecule has 1 aliphatic rings. The minimum absolute atomic E-state index is 0.209. The summed E-state index contributed by atoms with van der Waals surface area (Å²) in [6.07, 6.45) is 3.52. The van der Waals surface area contributed by atoms with Crippen LogP contribution in [0, 0.1) is 23.4 Å². The molecule has 0 unspecified atom stereocenters. The van der Waals surface area contributed by atoms with E-state index in [-0.39, 0.29) is 11.4 Å². The summed E-state index contributed by atoms with van der Waals surface area (Å²) >= 11 is 0. The molecule has 1 aliphatic heterocycles. The zero-order valence-electron chi connectivity index (χ0n) is 13.9. The Morgan fingerprint density at radius 2 is 1.84 bits per heavy atom. The molecule has 0 saturated carbocycles. The van der Waals surface area contributed by atoms with Crippen molar-refractivity contribution in [2.24, 2.45) is 5.92 Å². The zero-order chi connectivity index (χ0) is 17.8. The van der Waals surface area contributed by atoms with Crippen molar-refractivity contribution < 1.29 is 18.0 Å². The Morgan fingerprint density at radius 3 is 2.60 bits per heavy atom. The van der Waals surface area contributed by atoms with Gasteiger partial charge in [-0.25, -0.2) is 13.2 Å². The Labute approximate surface area is 145 Å². The van der Waals surface area contributed by atoms with Gasteiger partial charge in [0.2, 0.25) is 0 Å². The van der Waals surface area contributed by atoms with Crippen molar-refractivity contribution >= 4 is 5.91 Å². The molecule has 0 N–H and O–H groups in total. The second-order valence-electron chi connectivity index (χ2n) is 6.53. The first-order chi connectivity index (χ1) is 12.0. The Morgan fingerprint density at radius 1 is 1.08 bits per heavy atom. The standard InChI is InChI=1S/C20H20F3NO/c21-16-10-8-14(9-11-16)6-7-15-3-2-12-24(13-15)20(25)17-4-1-5-18(22)19(17)23/h1,4-5,8-11,15H,2-3,6-7,12-13H2/t15-/m1/s1. The first-order valence-corrected chi connectivity index (χ1v) is 8.52. The minimum Gasteiger partial charge on any atom is -0.338 e. The van der Waals surface area contributed by atoms with Gasteiger partial charge in [-0.2, -0.15) is 0 Å². The number of amides is 1. The van der Waals surface area contributed by atoms with Gasteiger partial charge in [-0.15, -0.1) is 0 Å². The maximum atomic E-state index is 13.9. The second-order valence-corrected chi connectivity index (χ2v) is 6.53. The predicted octanol–water partition coefficient (Wildman–Crippen LogP) is 4.59. The number of carbonyl (C=O) groups is 1. The number of nitrogens with zero attached hydrogens (tertiary/aromatic N) is 1. The predicted molar refractivity (Wildman–Crippen MR) is 89.7 cm³/mol. The van der Waals surface area contributed by atoms with Crippen molar-refractivity contribution in [1.82, 2.24) is 4.90 Å². The van der Waals surface area contributed by atoms with E-state index in [4.69, 9.17) is 0 Å². The van der Waals surface area contributed by atoms with Gasteiger partial charge in [-0.3, -0.25) is 4.79 Å². The van der Waals surface area contributed by atoms with Crippen LogP contribution in [0.2, 0.25) is 0 Å². The lowest BCUT2D eigenvalue weighted by molar-refractivity contribution is 0.0662. The summed E-state index contributed by atoms with van der Waals surface area (Å²) in [5.41, 5.74) is 0.847. The number of aryl methyl sites for hydroxylation is 1. The Balaban J connectivity index is 1.61. The Kier molecular flexibility index (Phi) is 5.41. The Hall–Kier alpha value is -2.30. The average Bonchev–Trinajstić information content (AvgIpc) is 2.63. The van der Waals surface area contributed by atoms with Gasteiger partial charge in [0.15, 0.2) is 11.6 Å². The van der Waals surface area contributed by atoms with Crippen LogP contribution in [-0.4, -0.2) is 23.9 Å². The maximum absolute atomic E-state index is 13.9. The first kappa shape index (κ1) is 17.5. The number of likely N-dealkylation sites (tertiary alicyclic amines) is 1. The fourth-order valence-corrected chi connectivity index (χ4v) is 3.35. The number of carbonyl (C=O) groups excluding carboxylic acids is 1. The molecular weight excluding hydrogens is 327 g/mol. The number of hydrogen-bond acceptors (Lipinski definition) is 1. The van der Waals surface area contributed by atoms with E-state index in [9.17, 15) is 18.0 Å². The van der Waals surface area contributed by atoms with Crippen molar-refractivity contribution in [3.8, 4) is 0 Å². The third-order valence-corrected chi connectivity index (χ3v) is 4.74. The van der Waals surface area contributed by atoms with E-state index >= 15 is 0 Å². The molecule has 0 aromatic heterocycles. The van der Waals surface area contributed by atoms with Crippen LogP contribution < -0.4 is 0 Å². The molecule has 0 aliphatic carbocycles. The number of rotatable bonds is 4. The normalized spacial score (nSPS) is 17.6. The highest BCUT2D eigenvalue weighted by Crippen LogP contribution is 2.24. The van der Waals surface area contributed by atoms with Gasteiger partial charge in [-0.05, 0) is 61.4 Å². The van der Waals surface area contributed by atoms with Crippen LogP contribution in [0.5, 0.6) is 0 Å². The second kappa shape index (κ2) is 7.72. The van der Waals surface area contributed by atoms with Gasteiger partial charge in [0.1, 0.15) is 5.82 Å². The molecule has 3 rings (SSSR count). The highest BCUT2D eigenvalue weighted by molar-refractivity contribution is 5.94. The molecular formula is C20H20F3NO. The molecule has 1 saturated heterocycles. The quantitative estimate of drug-likeness (QED) is 0.792. The van der Waals surface area contributed by atoms with E-state index < -0.39 is 17.5 Å². The first-order valence-electron chi connectivity index (χ1n) is 8.52. The van der Waals surface area contributed by atoms with E-state index in [2.05, 4.69) is 0 Å². The zero-order valence-corrected chi connectivity index (χ0v) is 13.9. The van der Waals surface area contributed by atoms with E-state index in [0.29, 0.717) is 19.0 Å². The molecule has 0 spiro atoms. The Bertz CT molecular complexity index is 745. The van der Waals surface area contributed by atoms with Gasteiger partial charge in [-0.1, -0.05) is 18.2 Å². The lowest BCUT2D eigenvalue weighted by Gasteiger charge is -2.33. The third kappa shape index (κ3) is 4.21. The van der Waals surface area contributed by atoms with E-state index in [1.807, 2.05) is 0 Å². The largest absolute Gasteiger partial charge is 0.338 e. The van der Waals surface area contributed by atoms with Crippen molar-refractivity contribution in [1.29, 1.82) is 0 Å². The molecule has 2 aromatic rings. The van der Waals surface area contributed by atoms with Gasteiger partial charge in [0.25, 0.3) is 5.91 Å². The van der Waals surface area contributed by atoms with Gasteiger partial charge >= 0.3 is 0 Å². The van der Waals surface area contributed by atoms with E-state index in [1.165, 1.54) is 24.3 Å². The van der Waals surface area contributed by atoms with Crippen LogP contribution in [0.1, 0.15) is 35.2 Å².